The molecule has 192 valence electrons. The van der Waals surface area contributed by atoms with Gasteiger partial charge in [-0.15, -0.1) is 24.8 Å². The molecular weight excluding hydrogens is 497 g/mol. The molecule has 0 spiro atoms. The first-order valence-corrected chi connectivity index (χ1v) is 10.4. The fraction of sp³-hybridized carbons (Fsp3) is 0.333. The second kappa shape index (κ2) is 12.6. The zero-order chi connectivity index (χ0) is 24.2. The van der Waals surface area contributed by atoms with Crippen molar-refractivity contribution in [2.24, 2.45) is 11.5 Å². The van der Waals surface area contributed by atoms with Crippen molar-refractivity contribution < 1.29 is 28.8 Å². The number of nitrogens with zero attached hydrogens (tertiary/aromatic N) is 1. The number of ether oxygens (including phenoxy) is 4. The van der Waals surface area contributed by atoms with Crippen LogP contribution >= 0.6 is 24.8 Å². The van der Waals surface area contributed by atoms with Crippen molar-refractivity contribution in [3.05, 3.63) is 53.3 Å². The second-order valence-corrected chi connectivity index (χ2v) is 7.47. The minimum atomic E-state index is -1.84. The smallest absolute Gasteiger partial charge is 0.244 e. The Morgan fingerprint density at radius 2 is 1.63 bits per heavy atom. The Morgan fingerprint density at radius 1 is 1.00 bits per heavy atom. The zero-order valence-electron chi connectivity index (χ0n) is 20.0. The zero-order valence-corrected chi connectivity index (χ0v) is 21.6. The Balaban J connectivity index is 0.00000306. The quantitative estimate of drug-likeness (QED) is 0.365. The molecule has 11 heteroatoms. The maximum absolute atomic E-state index is 12.3. The number of hydrogen-bond acceptors (Lipinski definition) is 8. The Morgan fingerprint density at radius 3 is 2.11 bits per heavy atom. The van der Waals surface area contributed by atoms with E-state index in [0.29, 0.717) is 47.0 Å². The lowest BCUT2D eigenvalue weighted by Crippen LogP contribution is -2.52. The molecule has 0 saturated carbocycles. The molecule has 0 aliphatic heterocycles. The van der Waals surface area contributed by atoms with Crippen LogP contribution in [-0.4, -0.2) is 50.5 Å². The standard InChI is InChI=1S/C24H29N3O6.2ClH/c1-5-33-18-7-6-16-15(8-14-9-19(30-2)22(32-4)20(10-14)31-3)11-27-12-17(16)21(18)24(26,13-28)23(25)29;;/h6-7,9-12,28H,5,8,13,26H2,1-4H3,(H2,25,29);2*1H/t24-;;/m1../s1. The first kappa shape index (κ1) is 30.1. The molecule has 1 atom stereocenters. The molecule has 0 fully saturated rings. The van der Waals surface area contributed by atoms with E-state index in [1.165, 1.54) is 0 Å². The Labute approximate surface area is 216 Å². The van der Waals surface area contributed by atoms with Crippen LogP contribution in [0, 0.1) is 0 Å². The lowest BCUT2D eigenvalue weighted by atomic mass is 9.85. The molecule has 3 aromatic rings. The van der Waals surface area contributed by atoms with Crippen molar-refractivity contribution in [3.8, 4) is 23.0 Å². The van der Waals surface area contributed by atoms with Crippen LogP contribution in [0.25, 0.3) is 10.8 Å². The van der Waals surface area contributed by atoms with Crippen LogP contribution in [-0.2, 0) is 16.8 Å². The first-order chi connectivity index (χ1) is 15.8. The molecule has 0 saturated heterocycles. The summed E-state index contributed by atoms with van der Waals surface area (Å²) in [7, 11) is 4.66. The monoisotopic (exact) mass is 527 g/mol. The molecule has 0 radical (unpaired) electrons. The van der Waals surface area contributed by atoms with Gasteiger partial charge in [0, 0.05) is 23.3 Å². The summed E-state index contributed by atoms with van der Waals surface area (Å²) >= 11 is 0. The highest BCUT2D eigenvalue weighted by molar-refractivity contribution is 5.97. The molecule has 9 nitrogen and oxygen atoms in total. The Bertz CT molecular complexity index is 1150. The number of aliphatic hydroxyl groups is 1. The average Bonchev–Trinajstić information content (AvgIpc) is 2.82. The van der Waals surface area contributed by atoms with Gasteiger partial charge in [-0.3, -0.25) is 9.78 Å². The maximum atomic E-state index is 12.3. The molecule has 2 aromatic carbocycles. The predicted octanol–water partition coefficient (Wildman–Crippen LogP) is 2.73. The molecule has 0 aliphatic rings. The molecule has 5 N–H and O–H groups in total. The van der Waals surface area contributed by atoms with Gasteiger partial charge in [-0.05, 0) is 48.1 Å². The van der Waals surface area contributed by atoms with Crippen molar-refractivity contribution in [2.45, 2.75) is 18.9 Å². The third kappa shape index (κ3) is 5.65. The first-order valence-electron chi connectivity index (χ1n) is 10.4. The van der Waals surface area contributed by atoms with Gasteiger partial charge in [0.25, 0.3) is 0 Å². The minimum Gasteiger partial charge on any atom is -0.493 e. The van der Waals surface area contributed by atoms with E-state index in [0.717, 1.165) is 16.5 Å². The Kier molecular flexibility index (Phi) is 10.9. The van der Waals surface area contributed by atoms with Crippen molar-refractivity contribution in [2.75, 3.05) is 34.5 Å². The second-order valence-electron chi connectivity index (χ2n) is 7.47. The number of primary amides is 1. The van der Waals surface area contributed by atoms with Crippen LogP contribution in [0.2, 0.25) is 0 Å². The SMILES string of the molecule is CCOc1ccc2c(Cc3cc(OC)c(OC)c(OC)c3)cncc2c1[C@](N)(CO)C(N)=O.Cl.Cl. The van der Waals surface area contributed by atoms with Crippen LogP contribution in [0.5, 0.6) is 23.0 Å². The maximum Gasteiger partial charge on any atom is 0.244 e. The molecule has 3 rings (SSSR count). The van der Waals surface area contributed by atoms with Crippen LogP contribution < -0.4 is 30.4 Å². The topological polar surface area (TPSA) is 139 Å². The number of fused-ring (bicyclic) bond motifs is 1. The normalized spacial score (nSPS) is 12.1. The molecular formula is C24H31Cl2N3O6. The molecule has 0 unspecified atom stereocenters. The summed E-state index contributed by atoms with van der Waals surface area (Å²) in [6.07, 6.45) is 3.80. The predicted molar refractivity (Wildman–Crippen MR) is 138 cm³/mol. The number of aromatic nitrogens is 1. The lowest BCUT2D eigenvalue weighted by Gasteiger charge is -2.28. The number of hydrogen-bond donors (Lipinski definition) is 3. The molecule has 0 bridgehead atoms. The van der Waals surface area contributed by atoms with Gasteiger partial charge in [-0.25, -0.2) is 0 Å². The Hall–Kier alpha value is -2.98. The van der Waals surface area contributed by atoms with E-state index < -0.39 is 18.1 Å². The van der Waals surface area contributed by atoms with Gasteiger partial charge < -0.3 is 35.5 Å². The molecule has 0 aliphatic carbocycles. The van der Waals surface area contributed by atoms with E-state index >= 15 is 0 Å². The minimum absolute atomic E-state index is 0. The number of nitrogens with two attached hydrogens (primary N) is 2. The van der Waals surface area contributed by atoms with Crippen molar-refractivity contribution >= 4 is 41.5 Å². The van der Waals surface area contributed by atoms with E-state index in [9.17, 15) is 9.90 Å². The van der Waals surface area contributed by atoms with Gasteiger partial charge in [0.15, 0.2) is 11.5 Å². The van der Waals surface area contributed by atoms with E-state index in [4.69, 9.17) is 30.4 Å². The third-order valence-electron chi connectivity index (χ3n) is 5.54. The van der Waals surface area contributed by atoms with Crippen LogP contribution in [0.4, 0.5) is 0 Å². The summed E-state index contributed by atoms with van der Waals surface area (Å²) in [4.78, 5) is 16.6. The van der Waals surface area contributed by atoms with Gasteiger partial charge in [-0.2, -0.15) is 0 Å². The molecule has 35 heavy (non-hydrogen) atoms. The van der Waals surface area contributed by atoms with E-state index in [1.54, 1.807) is 39.8 Å². The number of pyridine rings is 1. The van der Waals surface area contributed by atoms with E-state index in [1.807, 2.05) is 25.1 Å². The van der Waals surface area contributed by atoms with Crippen LogP contribution in [0.15, 0.2) is 36.7 Å². The number of benzene rings is 2. The van der Waals surface area contributed by atoms with Gasteiger partial charge in [-0.1, -0.05) is 6.07 Å². The highest BCUT2D eigenvalue weighted by atomic mass is 35.5. The summed E-state index contributed by atoms with van der Waals surface area (Å²) in [6, 6.07) is 7.32. The summed E-state index contributed by atoms with van der Waals surface area (Å²) in [5, 5.41) is 11.4. The third-order valence-corrected chi connectivity index (χ3v) is 5.54. The van der Waals surface area contributed by atoms with Crippen molar-refractivity contribution in [1.82, 2.24) is 4.98 Å². The lowest BCUT2D eigenvalue weighted by molar-refractivity contribution is -0.124. The number of methoxy groups -OCH3 is 3. The molecule has 1 heterocycles. The van der Waals surface area contributed by atoms with Crippen LogP contribution in [0.3, 0.4) is 0 Å². The van der Waals surface area contributed by atoms with Gasteiger partial charge >= 0.3 is 0 Å². The largest absolute Gasteiger partial charge is 0.493 e. The van der Waals surface area contributed by atoms with E-state index in [2.05, 4.69) is 4.98 Å². The number of aliphatic hydroxyl groups excluding tert-OH is 1. The van der Waals surface area contributed by atoms with Crippen molar-refractivity contribution in [3.63, 3.8) is 0 Å². The number of rotatable bonds is 10. The molecule has 1 aromatic heterocycles. The molecule has 1 amide bonds. The number of carbonyl (C=O) groups is 1. The van der Waals surface area contributed by atoms with Crippen LogP contribution in [0.1, 0.15) is 23.6 Å². The van der Waals surface area contributed by atoms with Gasteiger partial charge in [0.05, 0.1) is 34.5 Å². The average molecular weight is 528 g/mol. The highest BCUT2D eigenvalue weighted by Gasteiger charge is 2.38. The highest BCUT2D eigenvalue weighted by Crippen LogP contribution is 2.40. The summed E-state index contributed by atoms with van der Waals surface area (Å²) in [5.74, 6) is 1.07. The summed E-state index contributed by atoms with van der Waals surface area (Å²) in [6.45, 7) is 1.48. The number of halogens is 2. The number of amides is 1. The van der Waals surface area contributed by atoms with Gasteiger partial charge in [0.1, 0.15) is 11.3 Å². The van der Waals surface area contributed by atoms with Crippen molar-refractivity contribution in [1.29, 1.82) is 0 Å². The number of carbonyl (C=O) groups excluding carboxylic acids is 1. The fourth-order valence-electron chi connectivity index (χ4n) is 3.90. The summed E-state index contributed by atoms with van der Waals surface area (Å²) in [5.41, 5.74) is 12.1. The fourth-order valence-corrected chi connectivity index (χ4v) is 3.90. The van der Waals surface area contributed by atoms with Gasteiger partial charge in [0.2, 0.25) is 11.7 Å². The van der Waals surface area contributed by atoms with E-state index in [-0.39, 0.29) is 24.8 Å². The summed E-state index contributed by atoms with van der Waals surface area (Å²) < 4.78 is 22.0.